The van der Waals surface area contributed by atoms with Gasteiger partial charge in [0.2, 0.25) is 5.78 Å². The number of fused-ring (bicyclic) bond motifs is 4. The van der Waals surface area contributed by atoms with E-state index in [9.17, 15) is 9.59 Å². The SMILES string of the molecule is CCOC(=O)c1cc(C(=O)c2cccc3ccccc23)n2c1ccc1ccccc12. The van der Waals surface area contributed by atoms with Crippen LogP contribution in [0.4, 0.5) is 0 Å². The topological polar surface area (TPSA) is 47.8 Å². The second-order valence-corrected chi connectivity index (χ2v) is 7.13. The lowest BCUT2D eigenvalue weighted by molar-refractivity contribution is 0.0529. The van der Waals surface area contributed by atoms with Crippen molar-refractivity contribution >= 4 is 38.9 Å². The molecule has 4 heteroatoms. The fourth-order valence-electron chi connectivity index (χ4n) is 4.05. The maximum absolute atomic E-state index is 13.7. The number of pyridine rings is 1. The van der Waals surface area contributed by atoms with Crippen molar-refractivity contribution in [3.05, 3.63) is 102 Å². The van der Waals surface area contributed by atoms with E-state index in [1.54, 1.807) is 13.0 Å². The van der Waals surface area contributed by atoms with Crippen LogP contribution in [-0.2, 0) is 4.74 Å². The highest BCUT2D eigenvalue weighted by atomic mass is 16.5. The van der Waals surface area contributed by atoms with Gasteiger partial charge in [0.1, 0.15) is 0 Å². The lowest BCUT2D eigenvalue weighted by Crippen LogP contribution is -2.06. The van der Waals surface area contributed by atoms with Crippen molar-refractivity contribution < 1.29 is 14.3 Å². The molecule has 0 amide bonds. The molecule has 0 unspecified atom stereocenters. The Morgan fingerprint density at radius 3 is 2.33 bits per heavy atom. The molecule has 3 aromatic carbocycles. The molecule has 0 aliphatic rings. The van der Waals surface area contributed by atoms with Gasteiger partial charge in [-0.3, -0.25) is 4.79 Å². The van der Waals surface area contributed by atoms with E-state index in [2.05, 4.69) is 0 Å². The standard InChI is InChI=1S/C26H19NO3/c1-2-30-26(29)21-16-24(27-22-13-6-4-9-18(22)14-15-23(21)27)25(28)20-12-7-10-17-8-3-5-11-19(17)20/h3-16H,2H2,1H3. The summed E-state index contributed by atoms with van der Waals surface area (Å²) in [4.78, 5) is 26.4. The average molecular weight is 393 g/mol. The van der Waals surface area contributed by atoms with Crippen LogP contribution >= 0.6 is 0 Å². The number of carbonyl (C=O) groups excluding carboxylic acids is 2. The summed E-state index contributed by atoms with van der Waals surface area (Å²) < 4.78 is 7.12. The van der Waals surface area contributed by atoms with E-state index in [1.165, 1.54) is 0 Å². The van der Waals surface area contributed by atoms with Gasteiger partial charge >= 0.3 is 5.97 Å². The van der Waals surface area contributed by atoms with Gasteiger partial charge in [0, 0.05) is 5.56 Å². The first-order valence-corrected chi connectivity index (χ1v) is 9.92. The summed E-state index contributed by atoms with van der Waals surface area (Å²) in [5, 5.41) is 2.88. The molecule has 5 rings (SSSR count). The number of hydrogen-bond donors (Lipinski definition) is 0. The van der Waals surface area contributed by atoms with Crippen LogP contribution in [0.3, 0.4) is 0 Å². The average Bonchev–Trinajstić information content (AvgIpc) is 3.19. The number of hydrogen-bond acceptors (Lipinski definition) is 3. The molecule has 4 nitrogen and oxygen atoms in total. The largest absolute Gasteiger partial charge is 0.462 e. The van der Waals surface area contributed by atoms with Crippen molar-refractivity contribution in [2.24, 2.45) is 0 Å². The van der Waals surface area contributed by atoms with Crippen LogP contribution in [0.5, 0.6) is 0 Å². The first-order chi connectivity index (χ1) is 14.7. The Morgan fingerprint density at radius 1 is 0.767 bits per heavy atom. The van der Waals surface area contributed by atoms with E-state index in [1.807, 2.05) is 83.3 Å². The molecule has 0 saturated carbocycles. The predicted molar refractivity (Wildman–Crippen MR) is 118 cm³/mol. The molecule has 0 bridgehead atoms. The van der Waals surface area contributed by atoms with Gasteiger partial charge in [-0.05, 0) is 41.3 Å². The van der Waals surface area contributed by atoms with Crippen LogP contribution in [0.25, 0.3) is 27.2 Å². The number of esters is 1. The van der Waals surface area contributed by atoms with Gasteiger partial charge in [0.15, 0.2) is 0 Å². The maximum atomic E-state index is 13.7. The first-order valence-electron chi connectivity index (χ1n) is 9.92. The quantitative estimate of drug-likeness (QED) is 0.293. The molecule has 146 valence electrons. The Balaban J connectivity index is 1.82. The van der Waals surface area contributed by atoms with E-state index in [0.717, 1.165) is 21.7 Å². The fourth-order valence-corrected chi connectivity index (χ4v) is 4.05. The summed E-state index contributed by atoms with van der Waals surface area (Å²) in [6, 6.07) is 26.8. The van der Waals surface area contributed by atoms with E-state index in [4.69, 9.17) is 4.74 Å². The number of aromatic nitrogens is 1. The maximum Gasteiger partial charge on any atom is 0.340 e. The highest BCUT2D eigenvalue weighted by Gasteiger charge is 2.23. The van der Waals surface area contributed by atoms with Gasteiger partial charge in [-0.25, -0.2) is 4.79 Å². The normalized spacial score (nSPS) is 11.2. The van der Waals surface area contributed by atoms with Gasteiger partial charge in [-0.2, -0.15) is 0 Å². The molecule has 2 aromatic heterocycles. The van der Waals surface area contributed by atoms with Crippen molar-refractivity contribution in [3.8, 4) is 0 Å². The van der Waals surface area contributed by atoms with Crippen LogP contribution in [0.2, 0.25) is 0 Å². The molecular weight excluding hydrogens is 374 g/mol. The number of benzene rings is 3. The Morgan fingerprint density at radius 2 is 1.50 bits per heavy atom. The minimum absolute atomic E-state index is 0.131. The van der Waals surface area contributed by atoms with Crippen LogP contribution in [0, 0.1) is 0 Å². The third-order valence-electron chi connectivity index (χ3n) is 5.40. The molecule has 0 radical (unpaired) electrons. The van der Waals surface area contributed by atoms with Crippen molar-refractivity contribution in [1.29, 1.82) is 0 Å². The molecule has 0 fully saturated rings. The number of rotatable bonds is 4. The number of carbonyl (C=O) groups is 2. The summed E-state index contributed by atoms with van der Waals surface area (Å²) in [6.45, 7) is 2.05. The summed E-state index contributed by atoms with van der Waals surface area (Å²) in [7, 11) is 0. The highest BCUT2D eigenvalue weighted by molar-refractivity contribution is 6.18. The summed E-state index contributed by atoms with van der Waals surface area (Å²) in [6.07, 6.45) is 0. The van der Waals surface area contributed by atoms with E-state index in [-0.39, 0.29) is 12.4 Å². The predicted octanol–water partition coefficient (Wildman–Crippen LogP) is 5.65. The Hall–Kier alpha value is -3.92. The summed E-state index contributed by atoms with van der Waals surface area (Å²) in [5.41, 5.74) is 2.98. The zero-order chi connectivity index (χ0) is 20.7. The van der Waals surface area contributed by atoms with Crippen LogP contribution in [0.1, 0.15) is 33.3 Å². The smallest absolute Gasteiger partial charge is 0.340 e. The lowest BCUT2D eigenvalue weighted by atomic mass is 10.00. The number of ketones is 1. The van der Waals surface area contributed by atoms with E-state index in [0.29, 0.717) is 22.3 Å². The third-order valence-corrected chi connectivity index (χ3v) is 5.40. The summed E-state index contributed by atoms with van der Waals surface area (Å²) >= 11 is 0. The second-order valence-electron chi connectivity index (χ2n) is 7.13. The van der Waals surface area contributed by atoms with Crippen molar-refractivity contribution in [2.75, 3.05) is 6.61 Å². The monoisotopic (exact) mass is 393 g/mol. The van der Waals surface area contributed by atoms with Crippen molar-refractivity contribution in [2.45, 2.75) is 6.92 Å². The number of para-hydroxylation sites is 1. The highest BCUT2D eigenvalue weighted by Crippen LogP contribution is 2.28. The molecule has 0 N–H and O–H groups in total. The minimum Gasteiger partial charge on any atom is -0.462 e. The van der Waals surface area contributed by atoms with Crippen molar-refractivity contribution in [1.82, 2.24) is 4.40 Å². The zero-order valence-electron chi connectivity index (χ0n) is 16.5. The third kappa shape index (κ3) is 2.77. The van der Waals surface area contributed by atoms with E-state index < -0.39 is 5.97 Å². The first kappa shape index (κ1) is 18.1. The van der Waals surface area contributed by atoms with Crippen LogP contribution in [0.15, 0.2) is 84.9 Å². The zero-order valence-corrected chi connectivity index (χ0v) is 16.5. The lowest BCUT2D eigenvalue weighted by Gasteiger charge is -2.09. The molecule has 0 spiro atoms. The van der Waals surface area contributed by atoms with Gasteiger partial charge in [0.05, 0.1) is 28.9 Å². The van der Waals surface area contributed by atoms with Gasteiger partial charge in [0.25, 0.3) is 0 Å². The number of ether oxygens (including phenoxy) is 1. The molecular formula is C26H19NO3. The van der Waals surface area contributed by atoms with Crippen LogP contribution < -0.4 is 0 Å². The van der Waals surface area contributed by atoms with Gasteiger partial charge in [-0.15, -0.1) is 0 Å². The Labute approximate surface area is 173 Å². The van der Waals surface area contributed by atoms with Gasteiger partial charge < -0.3 is 9.14 Å². The molecule has 5 aromatic rings. The molecule has 2 heterocycles. The molecule has 0 atom stereocenters. The molecule has 0 aliphatic heterocycles. The molecule has 30 heavy (non-hydrogen) atoms. The molecule has 0 aliphatic carbocycles. The van der Waals surface area contributed by atoms with Crippen LogP contribution in [-0.4, -0.2) is 22.8 Å². The summed E-state index contributed by atoms with van der Waals surface area (Å²) in [5.74, 6) is -0.559. The second kappa shape index (κ2) is 7.16. The fraction of sp³-hybridized carbons (Fsp3) is 0.0769. The Kier molecular flexibility index (Phi) is 4.32. The van der Waals surface area contributed by atoms with E-state index >= 15 is 0 Å². The molecule has 0 saturated heterocycles. The van der Waals surface area contributed by atoms with Gasteiger partial charge in [-0.1, -0.05) is 66.7 Å². The van der Waals surface area contributed by atoms with Crippen molar-refractivity contribution in [3.63, 3.8) is 0 Å². The number of nitrogens with zero attached hydrogens (tertiary/aromatic N) is 1. The Bertz CT molecular complexity index is 1440. The minimum atomic E-state index is -0.428.